The molecule has 1 atom stereocenters. The molecular weight excluding hydrogens is 334 g/mol. The highest BCUT2D eigenvalue weighted by Gasteiger charge is 2.31. The number of urea groups is 1. The number of carbonyl (C=O) groups excluding carboxylic acids is 2. The number of phenols is 1. The van der Waals surface area contributed by atoms with Gasteiger partial charge in [-0.15, -0.1) is 0 Å². The van der Waals surface area contributed by atoms with Crippen LogP contribution in [0.15, 0.2) is 59.8 Å². The Morgan fingerprint density at radius 2 is 1.77 bits per heavy atom. The molecule has 4 N–H and O–H groups in total. The van der Waals surface area contributed by atoms with Crippen LogP contribution < -0.4 is 20.7 Å². The maximum absolute atomic E-state index is 12.8. The lowest BCUT2D eigenvalue weighted by Crippen LogP contribution is -2.45. The molecule has 0 aromatic heterocycles. The molecule has 0 saturated carbocycles. The van der Waals surface area contributed by atoms with Gasteiger partial charge in [-0.1, -0.05) is 12.1 Å². The molecule has 1 aliphatic rings. The van der Waals surface area contributed by atoms with Crippen LogP contribution in [-0.2, 0) is 4.79 Å². The fraction of sp³-hybridized carbons (Fsp3) is 0.158. The SMILES string of the molecule is COc1ccc(NC(=O)C2=C(C)NC(=O)N[C@H]2c2ccc(O)cc2)cc1. The molecule has 26 heavy (non-hydrogen) atoms. The molecule has 2 aromatic rings. The first-order valence-corrected chi connectivity index (χ1v) is 8.00. The number of allylic oxidation sites excluding steroid dienone is 1. The minimum Gasteiger partial charge on any atom is -0.508 e. The van der Waals surface area contributed by atoms with Crippen molar-refractivity contribution in [3.8, 4) is 11.5 Å². The van der Waals surface area contributed by atoms with Crippen molar-refractivity contribution in [3.05, 3.63) is 65.4 Å². The van der Waals surface area contributed by atoms with Crippen molar-refractivity contribution in [2.24, 2.45) is 0 Å². The summed E-state index contributed by atoms with van der Waals surface area (Å²) >= 11 is 0. The summed E-state index contributed by atoms with van der Waals surface area (Å²) in [7, 11) is 1.57. The number of ether oxygens (including phenoxy) is 1. The largest absolute Gasteiger partial charge is 0.508 e. The van der Waals surface area contributed by atoms with Gasteiger partial charge in [0, 0.05) is 11.4 Å². The van der Waals surface area contributed by atoms with Gasteiger partial charge in [0.1, 0.15) is 11.5 Å². The second-order valence-electron chi connectivity index (χ2n) is 5.84. The molecule has 134 valence electrons. The highest BCUT2D eigenvalue weighted by atomic mass is 16.5. The highest BCUT2D eigenvalue weighted by Crippen LogP contribution is 2.29. The first-order chi connectivity index (χ1) is 12.5. The van der Waals surface area contributed by atoms with Gasteiger partial charge >= 0.3 is 6.03 Å². The first-order valence-electron chi connectivity index (χ1n) is 8.00. The van der Waals surface area contributed by atoms with E-state index in [0.717, 1.165) is 0 Å². The third kappa shape index (κ3) is 3.61. The Kier molecular flexibility index (Phi) is 4.79. The lowest BCUT2D eigenvalue weighted by Gasteiger charge is -2.28. The molecule has 1 aliphatic heterocycles. The number of amides is 3. The highest BCUT2D eigenvalue weighted by molar-refractivity contribution is 6.06. The van der Waals surface area contributed by atoms with Crippen molar-refractivity contribution in [2.45, 2.75) is 13.0 Å². The predicted molar refractivity (Wildman–Crippen MR) is 96.8 cm³/mol. The average molecular weight is 353 g/mol. The third-order valence-corrected chi connectivity index (χ3v) is 4.09. The molecule has 0 bridgehead atoms. The molecule has 2 aromatic carbocycles. The number of hydrogen-bond acceptors (Lipinski definition) is 4. The zero-order valence-electron chi connectivity index (χ0n) is 14.4. The van der Waals surface area contributed by atoms with E-state index in [4.69, 9.17) is 4.74 Å². The Morgan fingerprint density at radius 1 is 1.12 bits per heavy atom. The molecule has 0 unspecified atom stereocenters. The summed E-state index contributed by atoms with van der Waals surface area (Å²) < 4.78 is 5.10. The summed E-state index contributed by atoms with van der Waals surface area (Å²) in [6.45, 7) is 1.68. The number of methoxy groups -OCH3 is 1. The van der Waals surface area contributed by atoms with Crippen molar-refractivity contribution < 1.29 is 19.4 Å². The van der Waals surface area contributed by atoms with Crippen LogP contribution in [0.25, 0.3) is 0 Å². The summed E-state index contributed by atoms with van der Waals surface area (Å²) in [5.74, 6) is 0.462. The third-order valence-electron chi connectivity index (χ3n) is 4.09. The van der Waals surface area contributed by atoms with Gasteiger partial charge in [-0.25, -0.2) is 4.79 Å². The normalized spacial score (nSPS) is 16.5. The van der Waals surface area contributed by atoms with Gasteiger partial charge in [0.15, 0.2) is 0 Å². The number of anilines is 1. The smallest absolute Gasteiger partial charge is 0.319 e. The zero-order chi connectivity index (χ0) is 18.7. The second-order valence-corrected chi connectivity index (χ2v) is 5.84. The topological polar surface area (TPSA) is 99.7 Å². The van der Waals surface area contributed by atoms with Crippen molar-refractivity contribution in [3.63, 3.8) is 0 Å². The van der Waals surface area contributed by atoms with Crippen LogP contribution in [0.5, 0.6) is 11.5 Å². The summed E-state index contributed by atoms with van der Waals surface area (Å²) in [6, 6.07) is 12.3. The van der Waals surface area contributed by atoms with Crippen molar-refractivity contribution in [1.82, 2.24) is 10.6 Å². The maximum Gasteiger partial charge on any atom is 0.319 e. The Balaban J connectivity index is 1.89. The van der Waals surface area contributed by atoms with Gasteiger partial charge in [-0.2, -0.15) is 0 Å². The molecule has 0 radical (unpaired) electrons. The minimum atomic E-state index is -0.623. The molecule has 7 nitrogen and oxygen atoms in total. The van der Waals surface area contributed by atoms with Crippen LogP contribution in [0, 0.1) is 0 Å². The van der Waals surface area contributed by atoms with Gasteiger partial charge in [0.25, 0.3) is 5.91 Å². The first kappa shape index (κ1) is 17.3. The maximum atomic E-state index is 12.8. The fourth-order valence-electron chi connectivity index (χ4n) is 2.78. The molecule has 0 aliphatic carbocycles. The monoisotopic (exact) mass is 353 g/mol. The van der Waals surface area contributed by atoms with Crippen LogP contribution in [0.4, 0.5) is 10.5 Å². The van der Waals surface area contributed by atoms with Crippen LogP contribution in [0.1, 0.15) is 18.5 Å². The Bertz CT molecular complexity index is 857. The van der Waals surface area contributed by atoms with Crippen LogP contribution in [-0.4, -0.2) is 24.2 Å². The number of carbonyl (C=O) groups is 2. The quantitative estimate of drug-likeness (QED) is 0.679. The molecule has 0 fully saturated rings. The van der Waals surface area contributed by atoms with Gasteiger partial charge in [0.2, 0.25) is 0 Å². The molecule has 7 heteroatoms. The van der Waals surface area contributed by atoms with E-state index in [2.05, 4.69) is 16.0 Å². The molecule has 0 spiro atoms. The predicted octanol–water partition coefficient (Wildman–Crippen LogP) is 2.67. The molecule has 1 heterocycles. The number of rotatable bonds is 4. The summed E-state index contributed by atoms with van der Waals surface area (Å²) in [5, 5.41) is 17.7. The number of benzene rings is 2. The van der Waals surface area contributed by atoms with Crippen LogP contribution in [0.3, 0.4) is 0 Å². The summed E-state index contributed by atoms with van der Waals surface area (Å²) in [6.07, 6.45) is 0. The summed E-state index contributed by atoms with van der Waals surface area (Å²) in [5.41, 5.74) is 2.17. The van der Waals surface area contributed by atoms with Gasteiger partial charge < -0.3 is 25.8 Å². The van der Waals surface area contributed by atoms with Crippen molar-refractivity contribution >= 4 is 17.6 Å². The zero-order valence-corrected chi connectivity index (χ0v) is 14.4. The molecular formula is C19H19N3O4. The van der Waals surface area contributed by atoms with Crippen molar-refractivity contribution in [2.75, 3.05) is 12.4 Å². The number of nitrogens with one attached hydrogen (secondary N) is 3. The van der Waals surface area contributed by atoms with E-state index in [1.165, 1.54) is 12.1 Å². The number of aromatic hydroxyl groups is 1. The van der Waals surface area contributed by atoms with E-state index < -0.39 is 6.04 Å². The molecule has 3 amide bonds. The van der Waals surface area contributed by atoms with E-state index in [1.54, 1.807) is 50.4 Å². The van der Waals surface area contributed by atoms with E-state index in [-0.39, 0.29) is 17.7 Å². The minimum absolute atomic E-state index is 0.110. The molecule has 3 rings (SSSR count). The van der Waals surface area contributed by atoms with Gasteiger partial charge in [-0.05, 0) is 48.9 Å². The van der Waals surface area contributed by atoms with Crippen LogP contribution in [0.2, 0.25) is 0 Å². The number of hydrogen-bond donors (Lipinski definition) is 4. The Hall–Kier alpha value is -3.48. The summed E-state index contributed by atoms with van der Waals surface area (Å²) in [4.78, 5) is 24.7. The lowest BCUT2D eigenvalue weighted by molar-refractivity contribution is -0.113. The average Bonchev–Trinajstić information content (AvgIpc) is 2.62. The van der Waals surface area contributed by atoms with E-state index in [9.17, 15) is 14.7 Å². The van der Waals surface area contributed by atoms with E-state index in [0.29, 0.717) is 28.3 Å². The lowest BCUT2D eigenvalue weighted by atomic mass is 9.94. The number of phenolic OH excluding ortho intramolecular Hbond substituents is 1. The second kappa shape index (κ2) is 7.18. The fourth-order valence-corrected chi connectivity index (χ4v) is 2.78. The van der Waals surface area contributed by atoms with Gasteiger partial charge in [-0.3, -0.25) is 4.79 Å². The van der Waals surface area contributed by atoms with Crippen molar-refractivity contribution in [1.29, 1.82) is 0 Å². The Morgan fingerprint density at radius 3 is 2.38 bits per heavy atom. The Labute approximate surface area is 150 Å². The molecule has 0 saturated heterocycles. The van der Waals surface area contributed by atoms with E-state index in [1.807, 2.05) is 0 Å². The van der Waals surface area contributed by atoms with Gasteiger partial charge in [0.05, 0.1) is 18.7 Å². The van der Waals surface area contributed by atoms with E-state index >= 15 is 0 Å². The van der Waals surface area contributed by atoms with Crippen LogP contribution >= 0.6 is 0 Å². The standard InChI is InChI=1S/C19H19N3O4/c1-11-16(18(24)21-13-5-9-15(26-2)10-6-13)17(22-19(25)20-11)12-3-7-14(23)8-4-12/h3-10,17,23H,1-2H3,(H,21,24)(H2,20,22,25)/t17-/m0/s1.